The Balaban J connectivity index is 2.85. The zero-order chi connectivity index (χ0) is 12.8. The van der Waals surface area contributed by atoms with E-state index >= 15 is 0 Å². The monoisotopic (exact) mass is 257 g/mol. The number of nitrogens with zero attached hydrogens (tertiary/aromatic N) is 4. The van der Waals surface area contributed by atoms with Crippen LogP contribution in [0, 0.1) is 5.92 Å². The van der Waals surface area contributed by atoms with E-state index in [9.17, 15) is 0 Å². The molecule has 1 aromatic heterocycles. The fraction of sp³-hybridized carbons (Fsp3) is 0.727. The molecule has 5 nitrogen and oxygen atoms in total. The average molecular weight is 258 g/mol. The second-order valence-electron chi connectivity index (χ2n) is 3.98. The molecular formula is C11H20ClN5. The van der Waals surface area contributed by atoms with Crippen LogP contribution in [0.4, 0.5) is 11.9 Å². The highest BCUT2D eigenvalue weighted by molar-refractivity contribution is 6.28. The second kappa shape index (κ2) is 6.59. The number of anilines is 2. The summed E-state index contributed by atoms with van der Waals surface area (Å²) in [6, 6.07) is 0. The zero-order valence-electron chi connectivity index (χ0n) is 10.6. The van der Waals surface area contributed by atoms with Gasteiger partial charge < -0.3 is 10.6 Å². The van der Waals surface area contributed by atoms with Crippen molar-refractivity contribution < 1.29 is 0 Å². The molecule has 0 bridgehead atoms. The molecule has 0 saturated carbocycles. The number of hydrogen-bond donors (Lipinski definition) is 1. The van der Waals surface area contributed by atoms with Crippen molar-refractivity contribution in [2.45, 2.75) is 33.6 Å². The zero-order valence-corrected chi connectivity index (χ0v) is 11.4. The smallest absolute Gasteiger partial charge is 0.231 e. The van der Waals surface area contributed by atoms with Crippen LogP contribution in [0.5, 0.6) is 0 Å². The number of hydrogen-bond acceptors (Lipinski definition) is 5. The molecule has 0 spiro atoms. The van der Waals surface area contributed by atoms with Crippen molar-refractivity contribution in [2.24, 2.45) is 5.92 Å². The van der Waals surface area contributed by atoms with Crippen LogP contribution in [-0.2, 0) is 0 Å². The largest absolute Gasteiger partial charge is 0.368 e. The van der Waals surface area contributed by atoms with Crippen molar-refractivity contribution in [3.63, 3.8) is 0 Å². The van der Waals surface area contributed by atoms with Crippen molar-refractivity contribution >= 4 is 23.5 Å². The predicted molar refractivity (Wildman–Crippen MR) is 71.2 cm³/mol. The van der Waals surface area contributed by atoms with Crippen LogP contribution in [0.15, 0.2) is 0 Å². The van der Waals surface area contributed by atoms with Gasteiger partial charge in [0.2, 0.25) is 17.2 Å². The van der Waals surface area contributed by atoms with Crippen LogP contribution >= 0.6 is 11.6 Å². The lowest BCUT2D eigenvalue weighted by molar-refractivity contribution is 0.482. The molecule has 0 aliphatic carbocycles. The van der Waals surface area contributed by atoms with Gasteiger partial charge in [-0.1, -0.05) is 26.7 Å². The predicted octanol–water partition coefficient (Wildman–Crippen LogP) is 2.37. The lowest BCUT2D eigenvalue weighted by Gasteiger charge is -2.25. The molecule has 1 heterocycles. The highest BCUT2D eigenvalue weighted by atomic mass is 35.5. The summed E-state index contributed by atoms with van der Waals surface area (Å²) in [4.78, 5) is 14.1. The van der Waals surface area contributed by atoms with Crippen LogP contribution in [0.3, 0.4) is 0 Å². The van der Waals surface area contributed by atoms with Crippen LogP contribution in [-0.4, -0.2) is 28.0 Å². The van der Waals surface area contributed by atoms with Gasteiger partial charge in [0.15, 0.2) is 0 Å². The SMILES string of the molecule is CCC(CC)CN(CC)c1nc(N)nc(Cl)n1. The molecule has 0 aliphatic heterocycles. The van der Waals surface area contributed by atoms with E-state index < -0.39 is 0 Å². The van der Waals surface area contributed by atoms with Crippen LogP contribution in [0.1, 0.15) is 33.6 Å². The summed E-state index contributed by atoms with van der Waals surface area (Å²) in [5.41, 5.74) is 5.57. The van der Waals surface area contributed by atoms with Gasteiger partial charge in [-0.25, -0.2) is 0 Å². The fourth-order valence-electron chi connectivity index (χ4n) is 1.71. The first kappa shape index (κ1) is 14.0. The third kappa shape index (κ3) is 4.00. The van der Waals surface area contributed by atoms with Gasteiger partial charge in [0.25, 0.3) is 0 Å². The Morgan fingerprint density at radius 1 is 1.18 bits per heavy atom. The first-order valence-corrected chi connectivity index (χ1v) is 6.40. The summed E-state index contributed by atoms with van der Waals surface area (Å²) in [5, 5.41) is 0.149. The third-order valence-corrected chi connectivity index (χ3v) is 3.08. The Morgan fingerprint density at radius 2 is 1.82 bits per heavy atom. The van der Waals surface area contributed by atoms with E-state index in [2.05, 4.69) is 40.6 Å². The molecule has 17 heavy (non-hydrogen) atoms. The molecule has 0 aliphatic rings. The summed E-state index contributed by atoms with van der Waals surface area (Å²) >= 11 is 5.79. The number of halogens is 1. The Kier molecular flexibility index (Phi) is 5.41. The first-order chi connectivity index (χ1) is 8.10. The molecule has 0 atom stereocenters. The van der Waals surface area contributed by atoms with Gasteiger partial charge in [-0.05, 0) is 24.4 Å². The Labute approximate surface area is 107 Å². The van der Waals surface area contributed by atoms with Crippen molar-refractivity contribution in [1.29, 1.82) is 0 Å². The van der Waals surface area contributed by atoms with E-state index in [0.29, 0.717) is 11.9 Å². The van der Waals surface area contributed by atoms with Crippen LogP contribution in [0.25, 0.3) is 0 Å². The molecule has 96 valence electrons. The highest BCUT2D eigenvalue weighted by Gasteiger charge is 2.14. The molecule has 0 amide bonds. The number of nitrogens with two attached hydrogens (primary N) is 1. The maximum absolute atomic E-state index is 5.79. The van der Waals surface area contributed by atoms with Crippen molar-refractivity contribution in [3.05, 3.63) is 5.28 Å². The third-order valence-electron chi connectivity index (χ3n) is 2.91. The van der Waals surface area contributed by atoms with Gasteiger partial charge in [0, 0.05) is 13.1 Å². The number of rotatable bonds is 6. The molecule has 0 saturated heterocycles. The van der Waals surface area contributed by atoms with Gasteiger partial charge in [0.05, 0.1) is 0 Å². The molecule has 2 N–H and O–H groups in total. The van der Waals surface area contributed by atoms with Gasteiger partial charge in [-0.2, -0.15) is 15.0 Å². The highest BCUT2D eigenvalue weighted by Crippen LogP contribution is 2.16. The first-order valence-electron chi connectivity index (χ1n) is 6.02. The maximum atomic E-state index is 5.79. The van der Waals surface area contributed by atoms with E-state index in [0.717, 1.165) is 25.9 Å². The van der Waals surface area contributed by atoms with Crippen molar-refractivity contribution in [1.82, 2.24) is 15.0 Å². The van der Waals surface area contributed by atoms with Crippen molar-refractivity contribution in [2.75, 3.05) is 23.7 Å². The van der Waals surface area contributed by atoms with Crippen molar-refractivity contribution in [3.8, 4) is 0 Å². The molecular weight excluding hydrogens is 238 g/mol. The number of nitrogen functional groups attached to an aromatic ring is 1. The Morgan fingerprint density at radius 3 is 2.29 bits per heavy atom. The van der Waals surface area contributed by atoms with E-state index in [-0.39, 0.29) is 11.2 Å². The summed E-state index contributed by atoms with van der Waals surface area (Å²) in [6.07, 6.45) is 2.28. The molecule has 0 aromatic carbocycles. The molecule has 0 unspecified atom stereocenters. The van der Waals surface area contributed by atoms with E-state index in [1.807, 2.05) is 0 Å². The lowest BCUT2D eigenvalue weighted by atomic mass is 10.0. The minimum absolute atomic E-state index is 0.149. The minimum atomic E-state index is 0.149. The summed E-state index contributed by atoms with van der Waals surface area (Å²) < 4.78 is 0. The summed E-state index contributed by atoms with van der Waals surface area (Å²) in [5.74, 6) is 1.37. The minimum Gasteiger partial charge on any atom is -0.368 e. The fourth-order valence-corrected chi connectivity index (χ4v) is 1.87. The maximum Gasteiger partial charge on any atom is 0.231 e. The molecule has 6 heteroatoms. The number of aromatic nitrogens is 3. The summed E-state index contributed by atoms with van der Waals surface area (Å²) in [6.45, 7) is 8.20. The standard InChI is InChI=1S/C11H20ClN5/c1-4-8(5-2)7-17(6-3)11-15-9(12)14-10(13)16-11/h8H,4-7H2,1-3H3,(H2,13,14,15,16). The van der Waals surface area contributed by atoms with Gasteiger partial charge in [-0.15, -0.1) is 0 Å². The van der Waals surface area contributed by atoms with E-state index in [1.54, 1.807) is 0 Å². The van der Waals surface area contributed by atoms with E-state index in [4.69, 9.17) is 17.3 Å². The van der Waals surface area contributed by atoms with Gasteiger partial charge in [0.1, 0.15) is 0 Å². The quantitative estimate of drug-likeness (QED) is 0.847. The van der Waals surface area contributed by atoms with Gasteiger partial charge in [-0.3, -0.25) is 0 Å². The average Bonchev–Trinajstić information content (AvgIpc) is 2.29. The van der Waals surface area contributed by atoms with Gasteiger partial charge >= 0.3 is 0 Å². The molecule has 1 aromatic rings. The Hall–Kier alpha value is -1.10. The topological polar surface area (TPSA) is 67.9 Å². The molecule has 0 radical (unpaired) electrons. The van der Waals surface area contributed by atoms with E-state index in [1.165, 1.54) is 0 Å². The second-order valence-corrected chi connectivity index (χ2v) is 4.32. The lowest BCUT2D eigenvalue weighted by Crippen LogP contribution is -2.31. The normalized spacial score (nSPS) is 10.9. The molecule has 0 fully saturated rings. The Bertz CT molecular complexity index is 333. The van der Waals surface area contributed by atoms with Crippen LogP contribution < -0.4 is 10.6 Å². The molecule has 1 rings (SSSR count). The summed E-state index contributed by atoms with van der Waals surface area (Å²) in [7, 11) is 0. The van der Waals surface area contributed by atoms with Crippen LogP contribution in [0.2, 0.25) is 5.28 Å².